The smallest absolute Gasteiger partial charge is 0.310 e. The highest BCUT2D eigenvalue weighted by atomic mass is 32.2. The molecule has 0 aromatic heterocycles. The number of carbonyl (C=O) groups is 2. The van der Waals surface area contributed by atoms with Gasteiger partial charge in [-0.1, -0.05) is 23.8 Å². The fraction of sp³-hybridized carbons (Fsp3) is 0.462. The molecule has 0 radical (unpaired) electrons. The van der Waals surface area contributed by atoms with Crippen LogP contribution in [0.4, 0.5) is 5.69 Å². The number of esters is 1. The minimum Gasteiger partial charge on any atom is -0.486 e. The monoisotopic (exact) mass is 500 g/mol. The number of nitrogens with zero attached hydrogens (tertiary/aromatic N) is 1. The van der Waals surface area contributed by atoms with Crippen molar-refractivity contribution in [3.63, 3.8) is 0 Å². The van der Waals surface area contributed by atoms with E-state index in [-0.39, 0.29) is 23.8 Å². The Labute approximate surface area is 206 Å². The molecule has 35 heavy (non-hydrogen) atoms. The van der Waals surface area contributed by atoms with Crippen LogP contribution in [0.3, 0.4) is 0 Å². The van der Waals surface area contributed by atoms with Crippen molar-refractivity contribution in [2.24, 2.45) is 11.1 Å². The van der Waals surface area contributed by atoms with Crippen molar-refractivity contribution in [1.29, 1.82) is 0 Å². The highest BCUT2D eigenvalue weighted by Gasteiger charge is 2.51. The van der Waals surface area contributed by atoms with Gasteiger partial charge in [-0.25, -0.2) is 8.42 Å². The Morgan fingerprint density at radius 3 is 2.37 bits per heavy atom. The third kappa shape index (κ3) is 5.45. The summed E-state index contributed by atoms with van der Waals surface area (Å²) in [4.78, 5) is 24.5. The summed E-state index contributed by atoms with van der Waals surface area (Å²) < 4.78 is 40.3. The average molecular weight is 501 g/mol. The van der Waals surface area contributed by atoms with Crippen LogP contribution in [-0.2, 0) is 30.8 Å². The van der Waals surface area contributed by atoms with E-state index in [0.29, 0.717) is 36.3 Å². The molecular formula is C26H32N2O6S. The van der Waals surface area contributed by atoms with Crippen molar-refractivity contribution in [3.05, 3.63) is 53.6 Å². The first-order chi connectivity index (χ1) is 16.3. The Balaban J connectivity index is 1.69. The predicted molar refractivity (Wildman–Crippen MR) is 132 cm³/mol. The van der Waals surface area contributed by atoms with E-state index >= 15 is 0 Å². The number of primary amides is 1. The maximum atomic E-state index is 13.7. The molecule has 0 spiro atoms. The van der Waals surface area contributed by atoms with E-state index < -0.39 is 33.1 Å². The topological polar surface area (TPSA) is 116 Å². The van der Waals surface area contributed by atoms with Crippen LogP contribution in [0.5, 0.6) is 5.75 Å². The number of benzene rings is 2. The number of sulfonamides is 1. The highest BCUT2D eigenvalue weighted by molar-refractivity contribution is 7.92. The van der Waals surface area contributed by atoms with E-state index in [0.717, 1.165) is 5.56 Å². The minimum absolute atomic E-state index is 0.00279. The summed E-state index contributed by atoms with van der Waals surface area (Å²) in [5, 5.41) is 0. The van der Waals surface area contributed by atoms with Crippen molar-refractivity contribution in [3.8, 4) is 5.75 Å². The highest BCUT2D eigenvalue weighted by Crippen LogP contribution is 2.51. The van der Waals surface area contributed by atoms with Gasteiger partial charge in [-0.05, 0) is 70.4 Å². The molecule has 0 bridgehead atoms. The molecule has 2 aromatic rings. The zero-order chi connectivity index (χ0) is 25.6. The number of fused-ring (bicyclic) bond motifs is 1. The molecule has 1 fully saturated rings. The first-order valence-corrected chi connectivity index (χ1v) is 13.1. The average Bonchev–Trinajstić information content (AvgIpc) is 3.53. The SMILES string of the molecule is Cc1ccc(S(=O)(=O)N2C[C@H](CC3(C(N)=O)CC3)Oc3ccc(CC(=O)OC(C)(C)C)cc32)cc1. The maximum Gasteiger partial charge on any atom is 0.310 e. The maximum absolute atomic E-state index is 13.7. The summed E-state index contributed by atoms with van der Waals surface area (Å²) in [6.45, 7) is 7.30. The fourth-order valence-electron chi connectivity index (χ4n) is 4.32. The second kappa shape index (κ2) is 8.86. The van der Waals surface area contributed by atoms with Crippen molar-refractivity contribution < 1.29 is 27.5 Å². The Bertz CT molecular complexity index is 1240. The molecular weight excluding hydrogens is 468 g/mol. The number of ether oxygens (including phenoxy) is 2. The van der Waals surface area contributed by atoms with Crippen LogP contribution in [-0.4, -0.2) is 38.5 Å². The number of anilines is 1. The predicted octanol–water partition coefficient (Wildman–Crippen LogP) is 3.49. The number of hydrogen-bond donors (Lipinski definition) is 1. The van der Waals surface area contributed by atoms with Gasteiger partial charge in [0.1, 0.15) is 17.5 Å². The summed E-state index contributed by atoms with van der Waals surface area (Å²) in [7, 11) is -3.93. The first kappa shape index (κ1) is 25.0. The molecule has 0 unspecified atom stereocenters. The number of rotatable bonds is 7. The summed E-state index contributed by atoms with van der Waals surface area (Å²) in [6.07, 6.45) is 1.16. The van der Waals surface area contributed by atoms with Gasteiger partial charge in [0.25, 0.3) is 10.0 Å². The number of aryl methyl sites for hydroxylation is 1. The molecule has 1 saturated carbocycles. The van der Waals surface area contributed by atoms with Crippen molar-refractivity contribution >= 4 is 27.6 Å². The van der Waals surface area contributed by atoms with E-state index in [4.69, 9.17) is 15.2 Å². The molecule has 0 saturated heterocycles. The molecule has 9 heteroatoms. The van der Waals surface area contributed by atoms with Gasteiger partial charge in [-0.15, -0.1) is 0 Å². The molecule has 1 aliphatic carbocycles. The molecule has 4 rings (SSSR count). The molecule has 2 N–H and O–H groups in total. The number of carbonyl (C=O) groups excluding carboxylic acids is 2. The standard InChI is InChI=1S/C26H32N2O6S/c1-17-5-8-20(9-6-17)35(31,32)28-16-19(15-26(11-12-26)24(27)30)33-22-10-7-18(13-21(22)28)14-23(29)34-25(2,3)4/h5-10,13,19H,11-12,14-16H2,1-4H3,(H2,27,30)/t19-/m0/s1. The van der Waals surface area contributed by atoms with E-state index in [1.54, 1.807) is 63.2 Å². The summed E-state index contributed by atoms with van der Waals surface area (Å²) in [5.41, 5.74) is 6.26. The molecule has 188 valence electrons. The van der Waals surface area contributed by atoms with Crippen molar-refractivity contribution in [2.75, 3.05) is 10.8 Å². The zero-order valence-corrected chi connectivity index (χ0v) is 21.4. The number of hydrogen-bond acceptors (Lipinski definition) is 6. The van der Waals surface area contributed by atoms with Gasteiger partial charge in [0.05, 0.1) is 29.0 Å². The molecule has 2 aliphatic rings. The van der Waals surface area contributed by atoms with Gasteiger partial charge in [0.15, 0.2) is 0 Å². The molecule has 1 atom stereocenters. The molecule has 8 nitrogen and oxygen atoms in total. The second-order valence-electron chi connectivity index (χ2n) is 10.5. The normalized spacial score (nSPS) is 18.9. The van der Waals surface area contributed by atoms with Gasteiger partial charge >= 0.3 is 5.97 Å². The van der Waals surface area contributed by atoms with Gasteiger partial charge in [0.2, 0.25) is 5.91 Å². The third-order valence-corrected chi connectivity index (χ3v) is 8.12. The van der Waals surface area contributed by atoms with Crippen molar-refractivity contribution in [2.45, 2.75) is 70.0 Å². The van der Waals surface area contributed by atoms with Crippen LogP contribution in [0.15, 0.2) is 47.4 Å². The Hall–Kier alpha value is -3.07. The van der Waals surface area contributed by atoms with Crippen LogP contribution in [0.25, 0.3) is 0 Å². The van der Waals surface area contributed by atoms with Crippen molar-refractivity contribution in [1.82, 2.24) is 0 Å². The lowest BCUT2D eigenvalue weighted by Gasteiger charge is -2.37. The summed E-state index contributed by atoms with van der Waals surface area (Å²) >= 11 is 0. The lowest BCUT2D eigenvalue weighted by Crippen LogP contribution is -2.45. The van der Waals surface area contributed by atoms with Gasteiger partial charge in [0, 0.05) is 6.42 Å². The van der Waals surface area contributed by atoms with Gasteiger partial charge < -0.3 is 15.2 Å². The van der Waals surface area contributed by atoms with Crippen LogP contribution in [0, 0.1) is 12.3 Å². The molecule has 2 aromatic carbocycles. The van der Waals surface area contributed by atoms with Gasteiger partial charge in [-0.3, -0.25) is 13.9 Å². The third-order valence-electron chi connectivity index (χ3n) is 6.33. The second-order valence-corrected chi connectivity index (χ2v) is 12.4. The lowest BCUT2D eigenvalue weighted by molar-refractivity contribution is -0.153. The van der Waals surface area contributed by atoms with Crippen LogP contribution < -0.4 is 14.8 Å². The summed E-state index contributed by atoms with van der Waals surface area (Å²) in [6, 6.07) is 11.7. The van der Waals surface area contributed by atoms with Crippen LogP contribution in [0.2, 0.25) is 0 Å². The lowest BCUT2D eigenvalue weighted by atomic mass is 9.96. The number of amides is 1. The summed E-state index contributed by atoms with van der Waals surface area (Å²) in [5.74, 6) is -0.408. The van der Waals surface area contributed by atoms with E-state index in [1.165, 1.54) is 4.31 Å². The quantitative estimate of drug-likeness (QED) is 0.582. The Morgan fingerprint density at radius 1 is 1.14 bits per heavy atom. The van der Waals surface area contributed by atoms with E-state index in [9.17, 15) is 18.0 Å². The molecule has 1 heterocycles. The van der Waals surface area contributed by atoms with E-state index in [1.807, 2.05) is 6.92 Å². The first-order valence-electron chi connectivity index (χ1n) is 11.7. The molecule has 1 aliphatic heterocycles. The largest absolute Gasteiger partial charge is 0.486 e. The van der Waals surface area contributed by atoms with Crippen LogP contribution in [0.1, 0.15) is 51.2 Å². The Kier molecular flexibility index (Phi) is 6.34. The van der Waals surface area contributed by atoms with Gasteiger partial charge in [-0.2, -0.15) is 0 Å². The Morgan fingerprint density at radius 2 is 1.80 bits per heavy atom. The van der Waals surface area contributed by atoms with E-state index in [2.05, 4.69) is 0 Å². The fourth-order valence-corrected chi connectivity index (χ4v) is 5.82. The molecule has 1 amide bonds. The van der Waals surface area contributed by atoms with Crippen LogP contribution >= 0.6 is 0 Å². The zero-order valence-electron chi connectivity index (χ0n) is 20.5. The minimum atomic E-state index is -3.93. The number of nitrogens with two attached hydrogens (primary N) is 1.